The molecule has 3 aliphatic carbocycles. The number of likely N-dealkylation sites (tertiary alicyclic amines) is 2. The minimum atomic E-state index is -2.73. The molecule has 0 radical (unpaired) electrons. The second-order valence-corrected chi connectivity index (χ2v) is 12.4. The maximum Gasteiger partial charge on any atom is 0.255 e. The number of phenols is 1. The number of aliphatic hydroxyl groups excluding tert-OH is 2. The molecule has 0 aromatic heterocycles. The van der Waals surface area contributed by atoms with E-state index in [0.717, 1.165) is 50.9 Å². The molecule has 226 valence electrons. The molecule has 0 unspecified atom stereocenters. The van der Waals surface area contributed by atoms with Crippen LogP contribution in [0.4, 0.5) is 0 Å². The number of aromatic hydroxyl groups is 1. The van der Waals surface area contributed by atoms with Crippen molar-refractivity contribution in [3.63, 3.8) is 0 Å². The normalized spacial score (nSPS) is 32.6. The first kappa shape index (κ1) is 28.7. The van der Waals surface area contributed by atoms with Gasteiger partial charge in [-0.2, -0.15) is 0 Å². The van der Waals surface area contributed by atoms with Gasteiger partial charge in [0.25, 0.3) is 5.91 Å². The zero-order valence-electron chi connectivity index (χ0n) is 23.8. The number of hydrogen-bond acceptors (Lipinski definition) is 11. The Hall–Kier alpha value is -3.45. The Morgan fingerprint density at radius 2 is 1.81 bits per heavy atom. The molecule has 1 saturated carbocycles. The second-order valence-electron chi connectivity index (χ2n) is 12.4. The molecule has 1 amide bonds. The molecule has 5 atom stereocenters. The molecule has 1 aromatic rings. The number of nitrogens with zero attached hydrogens (tertiary/aromatic N) is 2. The highest BCUT2D eigenvalue weighted by atomic mass is 16.5. The first-order valence-electron chi connectivity index (χ1n) is 14.5. The van der Waals surface area contributed by atoms with E-state index in [1.807, 2.05) is 0 Å². The third kappa shape index (κ3) is 3.92. The number of methoxy groups -OCH3 is 1. The van der Waals surface area contributed by atoms with Crippen molar-refractivity contribution >= 4 is 23.2 Å². The Kier molecular flexibility index (Phi) is 6.88. The Morgan fingerprint density at radius 1 is 1.12 bits per heavy atom. The number of phenolic OH excluding ortho intramolecular Hbond substituents is 1. The summed E-state index contributed by atoms with van der Waals surface area (Å²) in [6.07, 6.45) is 4.09. The lowest BCUT2D eigenvalue weighted by atomic mass is 9.58. The van der Waals surface area contributed by atoms with Gasteiger partial charge in [-0.15, -0.1) is 0 Å². The molecule has 12 heteroatoms. The fraction of sp³-hybridized carbons (Fsp3) is 0.567. The molecule has 42 heavy (non-hydrogen) atoms. The Bertz CT molecular complexity index is 1440. The molecule has 2 heterocycles. The average molecular weight is 583 g/mol. The van der Waals surface area contributed by atoms with Crippen molar-refractivity contribution in [3.05, 3.63) is 39.7 Å². The van der Waals surface area contributed by atoms with E-state index in [4.69, 9.17) is 16.2 Å². The quantitative estimate of drug-likeness (QED) is 0.272. The van der Waals surface area contributed by atoms with Crippen molar-refractivity contribution in [3.8, 4) is 11.5 Å². The van der Waals surface area contributed by atoms with Crippen molar-refractivity contribution < 1.29 is 39.5 Å². The number of rotatable bonds is 4. The topological polar surface area (TPSA) is 200 Å². The van der Waals surface area contributed by atoms with Crippen molar-refractivity contribution in [2.24, 2.45) is 23.3 Å². The van der Waals surface area contributed by atoms with E-state index in [-0.39, 0.29) is 35.8 Å². The lowest BCUT2D eigenvalue weighted by Gasteiger charge is -2.48. The van der Waals surface area contributed by atoms with Gasteiger partial charge in [0.15, 0.2) is 11.4 Å². The number of nitrogens with two attached hydrogens (primary N) is 2. The van der Waals surface area contributed by atoms with Gasteiger partial charge in [0.2, 0.25) is 5.78 Å². The van der Waals surface area contributed by atoms with Gasteiger partial charge in [-0.25, -0.2) is 0 Å². The summed E-state index contributed by atoms with van der Waals surface area (Å²) in [7, 11) is 3.66. The van der Waals surface area contributed by atoms with Gasteiger partial charge in [0, 0.05) is 34.7 Å². The van der Waals surface area contributed by atoms with Gasteiger partial charge in [-0.1, -0.05) is 0 Å². The summed E-state index contributed by atoms with van der Waals surface area (Å²) in [5.74, 6) is -6.73. The first-order chi connectivity index (χ1) is 19.9. The minimum Gasteiger partial charge on any atom is -0.508 e. The SMILES string of the molecule is COc1c([C@@H]2CCCN2C2CCN(C)CC2)cc(O)c2c1C[C@H]1C[C@H]3[C@H](N)C(=O)C(C(N)=O)=C(O)[C@@]3(O)C(=O)C1=C2O. The van der Waals surface area contributed by atoms with Gasteiger partial charge in [-0.05, 0) is 77.2 Å². The van der Waals surface area contributed by atoms with E-state index in [1.54, 1.807) is 6.07 Å². The summed E-state index contributed by atoms with van der Waals surface area (Å²) in [6, 6.07) is 0.524. The summed E-state index contributed by atoms with van der Waals surface area (Å²) in [5, 5.41) is 45.1. The molecular formula is C30H38N4O8. The van der Waals surface area contributed by atoms with Crippen LogP contribution >= 0.6 is 0 Å². The van der Waals surface area contributed by atoms with Crippen LogP contribution in [-0.4, -0.2) is 99.2 Å². The smallest absolute Gasteiger partial charge is 0.255 e. The number of primary amides is 1. The summed E-state index contributed by atoms with van der Waals surface area (Å²) >= 11 is 0. The molecular weight excluding hydrogens is 544 g/mol. The maximum absolute atomic E-state index is 13.8. The lowest BCUT2D eigenvalue weighted by Crippen LogP contribution is -2.65. The first-order valence-corrected chi connectivity index (χ1v) is 14.5. The highest BCUT2D eigenvalue weighted by Crippen LogP contribution is 2.54. The molecule has 0 bridgehead atoms. The number of fused-ring (bicyclic) bond motifs is 3. The van der Waals surface area contributed by atoms with Crippen molar-refractivity contribution in [2.75, 3.05) is 33.8 Å². The van der Waals surface area contributed by atoms with E-state index in [1.165, 1.54) is 7.11 Å². The Balaban J connectivity index is 1.45. The Labute approximate surface area is 243 Å². The van der Waals surface area contributed by atoms with Crippen LogP contribution in [0.2, 0.25) is 0 Å². The van der Waals surface area contributed by atoms with E-state index in [2.05, 4.69) is 16.8 Å². The van der Waals surface area contributed by atoms with Gasteiger partial charge >= 0.3 is 0 Å². The summed E-state index contributed by atoms with van der Waals surface area (Å²) < 4.78 is 5.95. The zero-order valence-corrected chi connectivity index (χ0v) is 23.8. The van der Waals surface area contributed by atoms with E-state index in [9.17, 15) is 34.8 Å². The number of carbonyl (C=O) groups is 3. The maximum atomic E-state index is 13.8. The standard InChI is InChI=1S/C30H38N4O8/c1-33-8-5-14(6-9-33)34-7-3-4-18(34)15-12-19(35)21-16(26(15)42-2)10-13-11-17-23(31)25(37)22(29(32)40)28(39)30(17,41)27(38)20(13)24(21)36/h12-14,17-18,23,35-36,39,41H,3-11,31H2,1-2H3,(H2,32,40)/t13-,17-,18-,23-,30-/m0/s1. The molecule has 2 aliphatic heterocycles. The number of ketones is 2. The summed E-state index contributed by atoms with van der Waals surface area (Å²) in [4.78, 5) is 43.4. The van der Waals surface area contributed by atoms with Crippen LogP contribution in [0.25, 0.3) is 5.76 Å². The lowest BCUT2D eigenvalue weighted by molar-refractivity contribution is -0.149. The highest BCUT2D eigenvalue weighted by Gasteiger charge is 2.63. The summed E-state index contributed by atoms with van der Waals surface area (Å²) in [6.45, 7) is 2.96. The highest BCUT2D eigenvalue weighted by molar-refractivity contribution is 6.24. The molecule has 12 nitrogen and oxygen atoms in total. The molecule has 3 fully saturated rings. The number of piperidine rings is 1. The predicted molar refractivity (Wildman–Crippen MR) is 150 cm³/mol. The van der Waals surface area contributed by atoms with Gasteiger partial charge in [0.05, 0.1) is 18.7 Å². The van der Waals surface area contributed by atoms with E-state index >= 15 is 0 Å². The fourth-order valence-corrected chi connectivity index (χ4v) is 8.17. The van der Waals surface area contributed by atoms with E-state index < -0.39 is 58.0 Å². The average Bonchev–Trinajstić information content (AvgIpc) is 3.43. The van der Waals surface area contributed by atoms with Crippen LogP contribution in [0, 0.1) is 11.8 Å². The number of amides is 1. The van der Waals surface area contributed by atoms with Crippen molar-refractivity contribution in [1.29, 1.82) is 0 Å². The number of aliphatic hydroxyl groups is 3. The number of ether oxygens (including phenoxy) is 1. The molecule has 0 spiro atoms. The second kappa shape index (κ2) is 10.1. The molecule has 8 N–H and O–H groups in total. The van der Waals surface area contributed by atoms with Crippen LogP contribution < -0.4 is 16.2 Å². The fourth-order valence-electron chi connectivity index (χ4n) is 8.17. The largest absolute Gasteiger partial charge is 0.508 e. The number of Topliss-reactive ketones (excluding diaryl/α,β-unsaturated/α-hetero) is 2. The number of benzene rings is 1. The zero-order chi connectivity index (χ0) is 30.2. The molecule has 1 aromatic carbocycles. The summed E-state index contributed by atoms with van der Waals surface area (Å²) in [5.41, 5.74) is 8.91. The van der Waals surface area contributed by atoms with Crippen molar-refractivity contribution in [2.45, 2.75) is 62.3 Å². The van der Waals surface area contributed by atoms with Gasteiger partial charge in [0.1, 0.15) is 28.6 Å². The number of hydrogen-bond donors (Lipinski definition) is 6. The molecule has 2 saturated heterocycles. The third-order valence-electron chi connectivity index (χ3n) is 10.2. The minimum absolute atomic E-state index is 0.00819. The third-order valence-corrected chi connectivity index (χ3v) is 10.2. The van der Waals surface area contributed by atoms with Crippen LogP contribution in [0.5, 0.6) is 11.5 Å². The molecule has 6 rings (SSSR count). The molecule has 5 aliphatic rings. The van der Waals surface area contributed by atoms with Crippen LogP contribution in [0.3, 0.4) is 0 Å². The van der Waals surface area contributed by atoms with Gasteiger partial charge < -0.3 is 41.5 Å². The van der Waals surface area contributed by atoms with Gasteiger partial charge in [-0.3, -0.25) is 19.3 Å². The van der Waals surface area contributed by atoms with Crippen molar-refractivity contribution in [1.82, 2.24) is 9.80 Å². The monoisotopic (exact) mass is 582 g/mol. The van der Waals surface area contributed by atoms with Crippen LogP contribution in [0.1, 0.15) is 54.8 Å². The number of carbonyl (C=O) groups excluding carboxylic acids is 3. The van der Waals surface area contributed by atoms with Crippen LogP contribution in [0.15, 0.2) is 23.0 Å². The Morgan fingerprint density at radius 3 is 2.45 bits per heavy atom. The van der Waals surface area contributed by atoms with Crippen LogP contribution in [-0.2, 0) is 20.8 Å². The predicted octanol–water partition coefficient (Wildman–Crippen LogP) is 0.601. The van der Waals surface area contributed by atoms with E-state index in [0.29, 0.717) is 17.4 Å².